The Morgan fingerprint density at radius 2 is 1.35 bits per heavy atom. The SMILES string of the molecule is COc1ccc2c(c1)C(=O)NC(c1ccc(OCCCOc3cc(C4=NOC(c5cc(OC)c(OC)c(OC)c5)C4)ccc3OC)c(OC)c1)N2. The number of anilines is 1. The summed E-state index contributed by atoms with van der Waals surface area (Å²) in [5, 5.41) is 10.7. The second-order valence-corrected chi connectivity index (χ2v) is 11.6. The molecule has 268 valence electrons. The van der Waals surface area contributed by atoms with Crippen LogP contribution < -0.4 is 48.5 Å². The Balaban J connectivity index is 1.04. The van der Waals surface area contributed by atoms with E-state index in [1.165, 1.54) is 0 Å². The second kappa shape index (κ2) is 15.7. The summed E-state index contributed by atoms with van der Waals surface area (Å²) >= 11 is 0. The molecule has 1 amide bonds. The number of nitrogens with one attached hydrogen (secondary N) is 2. The monoisotopic (exact) mass is 699 g/mol. The maximum Gasteiger partial charge on any atom is 0.255 e. The van der Waals surface area contributed by atoms with Gasteiger partial charge in [0.1, 0.15) is 11.9 Å². The molecule has 0 aliphatic carbocycles. The molecule has 4 aromatic rings. The van der Waals surface area contributed by atoms with Crippen LogP contribution in [0.1, 0.15) is 52.2 Å². The van der Waals surface area contributed by atoms with Crippen molar-refractivity contribution in [1.82, 2.24) is 5.32 Å². The van der Waals surface area contributed by atoms with Gasteiger partial charge in [-0.3, -0.25) is 4.79 Å². The fourth-order valence-electron chi connectivity index (χ4n) is 5.92. The van der Waals surface area contributed by atoms with Crippen molar-refractivity contribution in [2.75, 3.05) is 61.2 Å². The number of ether oxygens (including phenoxy) is 8. The lowest BCUT2D eigenvalue weighted by Crippen LogP contribution is -2.38. The van der Waals surface area contributed by atoms with Gasteiger partial charge >= 0.3 is 0 Å². The number of carbonyl (C=O) groups is 1. The van der Waals surface area contributed by atoms with Gasteiger partial charge in [-0.1, -0.05) is 11.2 Å². The summed E-state index contributed by atoms with van der Waals surface area (Å²) in [7, 11) is 9.46. The quantitative estimate of drug-likeness (QED) is 0.135. The molecule has 51 heavy (non-hydrogen) atoms. The summed E-state index contributed by atoms with van der Waals surface area (Å²) in [4.78, 5) is 18.6. The molecule has 13 heteroatoms. The number of fused-ring (bicyclic) bond motifs is 1. The average Bonchev–Trinajstić information content (AvgIpc) is 3.67. The lowest BCUT2D eigenvalue weighted by atomic mass is 9.99. The van der Waals surface area contributed by atoms with Gasteiger partial charge in [0.05, 0.1) is 67.1 Å². The van der Waals surface area contributed by atoms with Crippen LogP contribution in [0.4, 0.5) is 5.69 Å². The Morgan fingerprint density at radius 1 is 0.667 bits per heavy atom. The smallest absolute Gasteiger partial charge is 0.255 e. The van der Waals surface area contributed by atoms with Crippen molar-refractivity contribution >= 4 is 17.3 Å². The summed E-state index contributed by atoms with van der Waals surface area (Å²) in [5.74, 6) is 4.33. The molecule has 2 aliphatic heterocycles. The van der Waals surface area contributed by atoms with E-state index in [0.717, 1.165) is 28.1 Å². The van der Waals surface area contributed by atoms with Gasteiger partial charge in [-0.2, -0.15) is 0 Å². The van der Waals surface area contributed by atoms with Crippen molar-refractivity contribution in [3.63, 3.8) is 0 Å². The maximum absolute atomic E-state index is 12.8. The first-order valence-corrected chi connectivity index (χ1v) is 16.3. The molecule has 2 aliphatic rings. The van der Waals surface area contributed by atoms with E-state index in [1.807, 2.05) is 60.7 Å². The maximum atomic E-state index is 12.8. The Bertz CT molecular complexity index is 1890. The van der Waals surface area contributed by atoms with Crippen LogP contribution in [0.2, 0.25) is 0 Å². The van der Waals surface area contributed by atoms with Crippen LogP contribution in [0.3, 0.4) is 0 Å². The molecule has 6 rings (SSSR count). The molecule has 0 saturated heterocycles. The second-order valence-electron chi connectivity index (χ2n) is 11.6. The Kier molecular flexibility index (Phi) is 10.7. The van der Waals surface area contributed by atoms with Crippen LogP contribution in [-0.4, -0.2) is 67.5 Å². The molecule has 0 spiro atoms. The zero-order chi connectivity index (χ0) is 35.9. The highest BCUT2D eigenvalue weighted by Gasteiger charge is 2.28. The van der Waals surface area contributed by atoms with Crippen molar-refractivity contribution in [2.24, 2.45) is 5.16 Å². The average molecular weight is 700 g/mol. The first kappa shape index (κ1) is 34.9. The van der Waals surface area contributed by atoms with Gasteiger partial charge in [0.2, 0.25) is 5.75 Å². The number of nitrogens with zero attached hydrogens (tertiary/aromatic N) is 1. The van der Waals surface area contributed by atoms with E-state index in [4.69, 9.17) is 42.7 Å². The van der Waals surface area contributed by atoms with Crippen LogP contribution >= 0.6 is 0 Å². The summed E-state index contributed by atoms with van der Waals surface area (Å²) in [6.45, 7) is 0.752. The largest absolute Gasteiger partial charge is 0.497 e. The summed E-state index contributed by atoms with van der Waals surface area (Å²) in [6, 6.07) is 20.3. The number of benzene rings is 4. The lowest BCUT2D eigenvalue weighted by Gasteiger charge is -2.28. The van der Waals surface area contributed by atoms with Gasteiger partial charge in [-0.05, 0) is 66.2 Å². The lowest BCUT2D eigenvalue weighted by molar-refractivity contribution is 0.0853. The van der Waals surface area contributed by atoms with Gasteiger partial charge < -0.3 is 53.4 Å². The molecule has 2 heterocycles. The predicted octanol–water partition coefficient (Wildman–Crippen LogP) is 6.31. The fourth-order valence-corrected chi connectivity index (χ4v) is 5.92. The molecule has 2 unspecified atom stereocenters. The third-order valence-corrected chi connectivity index (χ3v) is 8.60. The highest BCUT2D eigenvalue weighted by Crippen LogP contribution is 2.43. The first-order valence-electron chi connectivity index (χ1n) is 16.3. The number of amides is 1. The molecule has 13 nitrogen and oxygen atoms in total. The zero-order valence-electron chi connectivity index (χ0n) is 29.4. The minimum atomic E-state index is -0.442. The van der Waals surface area contributed by atoms with E-state index < -0.39 is 6.17 Å². The van der Waals surface area contributed by atoms with Crippen molar-refractivity contribution in [1.29, 1.82) is 0 Å². The van der Waals surface area contributed by atoms with Crippen LogP contribution in [0.15, 0.2) is 71.9 Å². The van der Waals surface area contributed by atoms with Crippen molar-refractivity contribution in [3.05, 3.63) is 89.0 Å². The molecule has 0 bridgehead atoms. The molecular formula is C38H41N3O10. The number of rotatable bonds is 15. The molecule has 4 aromatic carbocycles. The van der Waals surface area contributed by atoms with Gasteiger partial charge in [0.25, 0.3) is 5.91 Å². The van der Waals surface area contributed by atoms with Crippen LogP contribution in [0.5, 0.6) is 46.0 Å². The molecule has 2 N–H and O–H groups in total. The highest BCUT2D eigenvalue weighted by atomic mass is 16.6. The van der Waals surface area contributed by atoms with E-state index in [0.29, 0.717) is 77.6 Å². The predicted molar refractivity (Wildman–Crippen MR) is 189 cm³/mol. The minimum absolute atomic E-state index is 0.196. The number of hydrogen-bond donors (Lipinski definition) is 2. The number of oxime groups is 1. The molecular weight excluding hydrogens is 658 g/mol. The normalized spacial score (nSPS) is 16.0. The van der Waals surface area contributed by atoms with Crippen LogP contribution in [0.25, 0.3) is 0 Å². The Hall–Kier alpha value is -5.98. The summed E-state index contributed by atoms with van der Waals surface area (Å²) in [6.07, 6.45) is 0.348. The van der Waals surface area contributed by atoms with E-state index in [9.17, 15) is 4.79 Å². The first-order chi connectivity index (χ1) is 24.9. The Labute approximate surface area is 296 Å². The molecule has 0 radical (unpaired) electrons. The van der Waals surface area contributed by atoms with Gasteiger partial charge in [-0.15, -0.1) is 0 Å². The molecule has 0 fully saturated rings. The fraction of sp³-hybridized carbons (Fsp3) is 0.316. The third kappa shape index (κ3) is 7.47. The number of hydrogen-bond acceptors (Lipinski definition) is 12. The van der Waals surface area contributed by atoms with Gasteiger partial charge in [0.15, 0.2) is 40.6 Å². The molecule has 0 saturated carbocycles. The molecule has 2 atom stereocenters. The van der Waals surface area contributed by atoms with Crippen LogP contribution in [-0.2, 0) is 4.84 Å². The zero-order valence-corrected chi connectivity index (χ0v) is 29.4. The highest BCUT2D eigenvalue weighted by molar-refractivity contribution is 6.02. The summed E-state index contributed by atoms with van der Waals surface area (Å²) < 4.78 is 45.1. The van der Waals surface area contributed by atoms with E-state index >= 15 is 0 Å². The Morgan fingerprint density at radius 3 is 2.04 bits per heavy atom. The number of methoxy groups -OCH3 is 6. The third-order valence-electron chi connectivity index (χ3n) is 8.60. The van der Waals surface area contributed by atoms with E-state index in [2.05, 4.69) is 15.8 Å². The van der Waals surface area contributed by atoms with E-state index in [1.54, 1.807) is 48.7 Å². The standard InChI is InChI=1S/C38H41N3O10/c1-43-25-10-11-27-26(20-25)38(42)40-37(39-27)23-9-13-30(32(17-23)45-3)49-14-7-15-50-33-16-22(8-12-29(33)44-2)28-21-31(51-41-28)24-18-34(46-4)36(48-6)35(19-24)47-5/h8-13,16-20,31,37,39H,7,14-15,21H2,1-6H3,(H,40,42). The topological polar surface area (TPSA) is 137 Å². The van der Waals surface area contributed by atoms with Crippen molar-refractivity contribution in [2.45, 2.75) is 25.1 Å². The van der Waals surface area contributed by atoms with Crippen molar-refractivity contribution < 1.29 is 47.5 Å². The summed E-state index contributed by atoms with van der Waals surface area (Å²) in [5.41, 5.74) is 4.53. The van der Waals surface area contributed by atoms with Crippen molar-refractivity contribution in [3.8, 4) is 46.0 Å². The number of carbonyl (C=O) groups excluding carboxylic acids is 1. The van der Waals surface area contributed by atoms with E-state index in [-0.39, 0.29) is 12.0 Å². The van der Waals surface area contributed by atoms with Gasteiger partial charge in [-0.25, -0.2) is 0 Å². The van der Waals surface area contributed by atoms with Gasteiger partial charge in [0, 0.05) is 29.7 Å². The molecule has 0 aromatic heterocycles. The minimum Gasteiger partial charge on any atom is -0.497 e. The van der Waals surface area contributed by atoms with Crippen LogP contribution in [0, 0.1) is 0 Å².